The monoisotopic (exact) mass is 378 g/mol. The molecule has 29 heavy (non-hydrogen) atoms. The van der Waals surface area contributed by atoms with Crippen molar-refractivity contribution >= 4 is 5.69 Å². The molecule has 4 aromatic rings. The summed E-state index contributed by atoms with van der Waals surface area (Å²) in [5.74, 6) is 0. The van der Waals surface area contributed by atoms with Crippen molar-refractivity contribution in [3.8, 4) is 17.2 Å². The van der Waals surface area contributed by atoms with Gasteiger partial charge in [-0.1, -0.05) is 54.6 Å². The van der Waals surface area contributed by atoms with Gasteiger partial charge in [0.15, 0.2) is 0 Å². The molecule has 0 spiro atoms. The first kappa shape index (κ1) is 18.5. The van der Waals surface area contributed by atoms with Crippen LogP contribution in [0.5, 0.6) is 0 Å². The van der Waals surface area contributed by atoms with Gasteiger partial charge in [-0.2, -0.15) is 5.26 Å². The predicted octanol–water partition coefficient (Wildman–Crippen LogP) is 5.46. The molecular weight excluding hydrogens is 356 g/mol. The highest BCUT2D eigenvalue weighted by molar-refractivity contribution is 5.76. The summed E-state index contributed by atoms with van der Waals surface area (Å²) in [5.41, 5.74) is 7.24. The smallest absolute Gasteiger partial charge is 0.0998 e. The van der Waals surface area contributed by atoms with E-state index < -0.39 is 0 Å². The number of nitrogens with zero attached hydrogens (tertiary/aromatic N) is 3. The van der Waals surface area contributed by atoms with Crippen LogP contribution in [0.2, 0.25) is 0 Å². The van der Waals surface area contributed by atoms with Crippen molar-refractivity contribution in [3.05, 3.63) is 108 Å². The Morgan fingerprint density at radius 2 is 1.72 bits per heavy atom. The largest absolute Gasteiger partial charge is 0.361 e. The number of nitriles is 1. The summed E-state index contributed by atoms with van der Waals surface area (Å²) >= 11 is 0. The summed E-state index contributed by atoms with van der Waals surface area (Å²) in [5, 5.41) is 9.67. The molecule has 0 atom stereocenters. The molecule has 0 amide bonds. The molecule has 0 saturated carbocycles. The lowest BCUT2D eigenvalue weighted by molar-refractivity contribution is 0.785. The Kier molecular flexibility index (Phi) is 5.40. The molecule has 1 N–H and O–H groups in total. The van der Waals surface area contributed by atoms with Gasteiger partial charge in [-0.3, -0.25) is 0 Å². The number of aromatic nitrogens is 2. The third-order valence-electron chi connectivity index (χ3n) is 5.06. The quantitative estimate of drug-likeness (QED) is 0.484. The second-order valence-electron chi connectivity index (χ2n) is 7.08. The molecular formula is C25H22N4. The number of nitrogens with one attached hydrogen (secondary N) is 1. The molecule has 0 unspecified atom stereocenters. The normalized spacial score (nSPS) is 10.5. The molecule has 4 heteroatoms. The fourth-order valence-corrected chi connectivity index (χ4v) is 3.54. The Morgan fingerprint density at radius 1 is 0.931 bits per heavy atom. The average molecular weight is 378 g/mol. The summed E-state index contributed by atoms with van der Waals surface area (Å²) < 4.78 is 0. The molecule has 0 aliphatic heterocycles. The second-order valence-corrected chi connectivity index (χ2v) is 7.08. The van der Waals surface area contributed by atoms with E-state index in [1.165, 1.54) is 5.56 Å². The van der Waals surface area contributed by atoms with Crippen LogP contribution in [-0.2, 0) is 13.1 Å². The van der Waals surface area contributed by atoms with E-state index in [0.29, 0.717) is 12.1 Å². The Balaban J connectivity index is 1.76. The molecule has 0 aliphatic rings. The van der Waals surface area contributed by atoms with E-state index >= 15 is 0 Å². The minimum Gasteiger partial charge on any atom is -0.361 e. The second kappa shape index (κ2) is 8.45. The zero-order valence-corrected chi connectivity index (χ0v) is 16.3. The van der Waals surface area contributed by atoms with Crippen LogP contribution in [0.3, 0.4) is 0 Å². The first-order valence-electron chi connectivity index (χ1n) is 9.61. The van der Waals surface area contributed by atoms with Gasteiger partial charge < -0.3 is 9.88 Å². The fraction of sp³-hybridized carbons (Fsp3) is 0.120. The molecule has 0 aliphatic carbocycles. The van der Waals surface area contributed by atoms with Crippen LogP contribution in [0.25, 0.3) is 11.1 Å². The molecule has 0 radical (unpaired) electrons. The number of aryl methyl sites for hydroxylation is 1. The maximum atomic E-state index is 9.67. The first-order valence-corrected chi connectivity index (χ1v) is 9.61. The topological polar surface area (TPSA) is 55.7 Å². The predicted molar refractivity (Wildman–Crippen MR) is 116 cm³/mol. The third kappa shape index (κ3) is 4.20. The van der Waals surface area contributed by atoms with Crippen molar-refractivity contribution in [2.45, 2.75) is 20.0 Å². The van der Waals surface area contributed by atoms with Crippen LogP contribution in [0.4, 0.5) is 5.69 Å². The number of benzene rings is 3. The van der Waals surface area contributed by atoms with Crippen LogP contribution in [0.1, 0.15) is 22.4 Å². The van der Waals surface area contributed by atoms with Crippen molar-refractivity contribution in [2.24, 2.45) is 0 Å². The number of anilines is 1. The van der Waals surface area contributed by atoms with Gasteiger partial charge in [-0.05, 0) is 41.8 Å². The van der Waals surface area contributed by atoms with E-state index in [-0.39, 0.29) is 0 Å². The van der Waals surface area contributed by atoms with Crippen molar-refractivity contribution in [1.29, 1.82) is 5.26 Å². The lowest BCUT2D eigenvalue weighted by atomic mass is 9.95. The Labute approximate surface area is 171 Å². The van der Waals surface area contributed by atoms with Gasteiger partial charge >= 0.3 is 0 Å². The highest BCUT2D eigenvalue weighted by Crippen LogP contribution is 2.31. The van der Waals surface area contributed by atoms with Gasteiger partial charge in [-0.15, -0.1) is 0 Å². The molecule has 4 nitrogen and oxygen atoms in total. The maximum absolute atomic E-state index is 9.67. The van der Waals surface area contributed by atoms with Crippen molar-refractivity contribution in [1.82, 2.24) is 9.97 Å². The van der Waals surface area contributed by atoms with E-state index in [2.05, 4.69) is 70.3 Å². The Morgan fingerprint density at radius 3 is 2.45 bits per heavy atom. The minimum absolute atomic E-state index is 0.684. The maximum Gasteiger partial charge on any atom is 0.0998 e. The number of aromatic amines is 1. The number of hydrogen-bond acceptors (Lipinski definition) is 3. The van der Waals surface area contributed by atoms with Crippen molar-refractivity contribution in [2.75, 3.05) is 4.90 Å². The van der Waals surface area contributed by atoms with Gasteiger partial charge in [0, 0.05) is 24.0 Å². The van der Waals surface area contributed by atoms with E-state index in [1.54, 1.807) is 6.33 Å². The van der Waals surface area contributed by atoms with Crippen molar-refractivity contribution < 1.29 is 0 Å². The summed E-state index contributed by atoms with van der Waals surface area (Å²) in [6, 6.07) is 27.0. The van der Waals surface area contributed by atoms with E-state index in [0.717, 1.165) is 34.6 Å². The summed E-state index contributed by atoms with van der Waals surface area (Å²) in [6.45, 7) is 3.54. The zero-order valence-electron chi connectivity index (χ0n) is 16.3. The van der Waals surface area contributed by atoms with Gasteiger partial charge in [0.05, 0.1) is 30.2 Å². The van der Waals surface area contributed by atoms with Crippen LogP contribution in [0, 0.1) is 18.3 Å². The summed E-state index contributed by atoms with van der Waals surface area (Å²) in [7, 11) is 0. The number of rotatable bonds is 6. The lowest BCUT2D eigenvalue weighted by Crippen LogP contribution is -2.22. The first-order chi connectivity index (χ1) is 14.2. The summed E-state index contributed by atoms with van der Waals surface area (Å²) in [4.78, 5) is 9.65. The van der Waals surface area contributed by atoms with Crippen LogP contribution in [0.15, 0.2) is 85.3 Å². The average Bonchev–Trinajstić information content (AvgIpc) is 3.27. The molecule has 4 rings (SSSR count). The number of imidazole rings is 1. The molecule has 0 bridgehead atoms. The van der Waals surface area contributed by atoms with E-state index in [9.17, 15) is 5.26 Å². The van der Waals surface area contributed by atoms with Gasteiger partial charge in [0.1, 0.15) is 0 Å². The lowest BCUT2D eigenvalue weighted by Gasteiger charge is -2.25. The van der Waals surface area contributed by atoms with Gasteiger partial charge in [-0.25, -0.2) is 4.98 Å². The Bertz CT molecular complexity index is 1130. The molecule has 3 aromatic carbocycles. The van der Waals surface area contributed by atoms with Crippen LogP contribution in [-0.4, -0.2) is 9.97 Å². The zero-order chi connectivity index (χ0) is 20.1. The van der Waals surface area contributed by atoms with Crippen molar-refractivity contribution in [3.63, 3.8) is 0 Å². The molecule has 1 aromatic heterocycles. The van der Waals surface area contributed by atoms with Gasteiger partial charge in [0.25, 0.3) is 0 Å². The van der Waals surface area contributed by atoms with Crippen LogP contribution < -0.4 is 4.90 Å². The fourth-order valence-electron chi connectivity index (χ4n) is 3.54. The number of hydrogen-bond donors (Lipinski definition) is 1. The molecule has 0 fully saturated rings. The van der Waals surface area contributed by atoms with Gasteiger partial charge in [0.2, 0.25) is 0 Å². The SMILES string of the molecule is Cc1ccccc1-c1cc(N(Cc2ccccc2)Cc2cnc[nH]2)ccc1C#N. The number of H-pyrrole nitrogens is 1. The molecule has 0 saturated heterocycles. The highest BCUT2D eigenvalue weighted by atomic mass is 15.1. The van der Waals surface area contributed by atoms with Crippen LogP contribution >= 0.6 is 0 Å². The van der Waals surface area contributed by atoms with E-state index in [1.807, 2.05) is 36.5 Å². The van der Waals surface area contributed by atoms with E-state index in [4.69, 9.17) is 0 Å². The third-order valence-corrected chi connectivity index (χ3v) is 5.06. The molecule has 1 heterocycles. The minimum atomic E-state index is 0.684. The standard InChI is InChI=1S/C25H22N4/c1-19-7-5-6-10-24(19)25-13-23(12-11-21(25)14-26)29(17-22-15-27-18-28-22)16-20-8-3-2-4-9-20/h2-13,15,18H,16-17H2,1H3,(H,27,28). The molecule has 142 valence electrons. The highest BCUT2D eigenvalue weighted by Gasteiger charge is 2.14. The Hall–Kier alpha value is -3.84. The summed E-state index contributed by atoms with van der Waals surface area (Å²) in [6.07, 6.45) is 3.55.